The van der Waals surface area contributed by atoms with E-state index in [1.165, 1.54) is 11.8 Å². The predicted molar refractivity (Wildman–Crippen MR) is 54.6 cm³/mol. The molecule has 0 saturated carbocycles. The minimum Gasteiger partial charge on any atom is -0.297 e. The average molecular weight is 198 g/mol. The zero-order valence-electron chi connectivity index (χ0n) is 8.00. The van der Waals surface area contributed by atoms with E-state index in [1.807, 2.05) is 6.92 Å². The Labute approximate surface area is 82.8 Å². The molecule has 2 unspecified atom stereocenters. The summed E-state index contributed by atoms with van der Waals surface area (Å²) >= 11 is 1.18. The fraction of sp³-hybridized carbons (Fsp3) is 0.600. The highest BCUT2D eigenvalue weighted by molar-refractivity contribution is 8.15. The largest absolute Gasteiger partial charge is 0.297 e. The van der Waals surface area contributed by atoms with Crippen LogP contribution < -0.4 is 0 Å². The zero-order valence-corrected chi connectivity index (χ0v) is 8.82. The molecule has 1 saturated heterocycles. The first kappa shape index (κ1) is 10.5. The van der Waals surface area contributed by atoms with E-state index in [4.69, 9.17) is 0 Å². The van der Waals surface area contributed by atoms with Crippen molar-refractivity contribution in [2.45, 2.75) is 31.9 Å². The van der Waals surface area contributed by atoms with E-state index in [0.717, 1.165) is 6.42 Å². The van der Waals surface area contributed by atoms with Crippen molar-refractivity contribution in [3.8, 4) is 0 Å². The summed E-state index contributed by atoms with van der Waals surface area (Å²) in [5, 5.41) is -0.123. The quantitative estimate of drug-likeness (QED) is 0.515. The Bertz CT molecular complexity index is 260. The van der Waals surface area contributed by atoms with Crippen molar-refractivity contribution < 1.29 is 9.59 Å². The number of thioether (sulfide) groups is 1. The van der Waals surface area contributed by atoms with Crippen molar-refractivity contribution in [2.75, 3.05) is 0 Å². The average Bonchev–Trinajstić information content (AvgIpc) is 2.31. The lowest BCUT2D eigenvalue weighted by atomic mass is 9.82. The minimum atomic E-state index is -0.799. The molecule has 13 heavy (non-hydrogen) atoms. The molecule has 0 aromatic rings. The number of allylic oxidation sites excluding steroid dienone is 1. The third kappa shape index (κ3) is 1.57. The third-order valence-corrected chi connectivity index (χ3v) is 3.96. The van der Waals surface area contributed by atoms with Gasteiger partial charge in [-0.3, -0.25) is 9.59 Å². The van der Waals surface area contributed by atoms with Crippen LogP contribution in [0.25, 0.3) is 0 Å². The fourth-order valence-electron chi connectivity index (χ4n) is 1.51. The molecule has 0 aromatic heterocycles. The van der Waals surface area contributed by atoms with E-state index >= 15 is 0 Å². The maximum Gasteiger partial charge on any atom is 0.203 e. The first-order valence-electron chi connectivity index (χ1n) is 4.42. The Morgan fingerprint density at radius 1 is 1.62 bits per heavy atom. The Balaban J connectivity index is 2.92. The van der Waals surface area contributed by atoms with E-state index in [0.29, 0.717) is 6.42 Å². The van der Waals surface area contributed by atoms with Gasteiger partial charge in [-0.15, -0.1) is 6.58 Å². The number of hydrogen-bond acceptors (Lipinski definition) is 3. The van der Waals surface area contributed by atoms with Gasteiger partial charge in [-0.05, 0) is 19.8 Å². The van der Waals surface area contributed by atoms with Crippen molar-refractivity contribution in [3.05, 3.63) is 12.7 Å². The molecule has 0 radical (unpaired) electrons. The lowest BCUT2D eigenvalue weighted by Crippen LogP contribution is -2.31. The highest BCUT2D eigenvalue weighted by atomic mass is 32.2. The fourth-order valence-corrected chi connectivity index (χ4v) is 2.75. The molecule has 0 bridgehead atoms. The summed E-state index contributed by atoms with van der Waals surface area (Å²) in [5.41, 5.74) is -0.799. The van der Waals surface area contributed by atoms with Crippen LogP contribution in [0.5, 0.6) is 0 Å². The predicted octanol–water partition coefficient (Wildman–Crippen LogP) is 2.19. The summed E-state index contributed by atoms with van der Waals surface area (Å²) in [7, 11) is 0. The summed E-state index contributed by atoms with van der Waals surface area (Å²) in [6.45, 7) is 7.23. The number of carbonyl (C=O) groups is 2. The molecule has 0 N–H and O–H groups in total. The molecular weight excluding hydrogens is 184 g/mol. The number of ketones is 1. The zero-order chi connectivity index (χ0) is 10.1. The summed E-state index contributed by atoms with van der Waals surface area (Å²) < 4.78 is 0. The van der Waals surface area contributed by atoms with E-state index < -0.39 is 5.41 Å². The van der Waals surface area contributed by atoms with Gasteiger partial charge in [-0.1, -0.05) is 24.8 Å². The molecule has 2 atom stereocenters. The molecule has 1 aliphatic heterocycles. The van der Waals surface area contributed by atoms with Crippen LogP contribution in [0.3, 0.4) is 0 Å². The SMILES string of the molecule is C=CCC1(C)C(=O)SC(CC)C1=O. The molecule has 3 heteroatoms. The van der Waals surface area contributed by atoms with Crippen molar-refractivity contribution >= 4 is 22.7 Å². The van der Waals surface area contributed by atoms with Crippen LogP contribution in [0, 0.1) is 5.41 Å². The van der Waals surface area contributed by atoms with Gasteiger partial charge in [0.2, 0.25) is 5.12 Å². The smallest absolute Gasteiger partial charge is 0.203 e. The van der Waals surface area contributed by atoms with Gasteiger partial charge < -0.3 is 0 Å². The second kappa shape index (κ2) is 3.66. The van der Waals surface area contributed by atoms with Gasteiger partial charge in [0.25, 0.3) is 0 Å². The number of carbonyl (C=O) groups excluding carboxylic acids is 2. The number of rotatable bonds is 3. The first-order chi connectivity index (χ1) is 6.06. The van der Waals surface area contributed by atoms with Crippen LogP contribution in [0.2, 0.25) is 0 Å². The normalized spacial score (nSPS) is 33.8. The van der Waals surface area contributed by atoms with Gasteiger partial charge in [-0.2, -0.15) is 0 Å². The van der Waals surface area contributed by atoms with Gasteiger partial charge >= 0.3 is 0 Å². The lowest BCUT2D eigenvalue weighted by Gasteiger charge is -2.16. The lowest BCUT2D eigenvalue weighted by molar-refractivity contribution is -0.132. The second-order valence-electron chi connectivity index (χ2n) is 3.49. The monoisotopic (exact) mass is 198 g/mol. The Morgan fingerprint density at radius 3 is 2.62 bits per heavy atom. The molecule has 0 amide bonds. The third-order valence-electron chi connectivity index (χ3n) is 2.46. The Morgan fingerprint density at radius 2 is 2.23 bits per heavy atom. The van der Waals surface area contributed by atoms with Crippen LogP contribution in [0.15, 0.2) is 12.7 Å². The van der Waals surface area contributed by atoms with E-state index in [2.05, 4.69) is 6.58 Å². The Kier molecular flexibility index (Phi) is 2.96. The molecule has 72 valence electrons. The molecule has 0 aliphatic carbocycles. The van der Waals surface area contributed by atoms with Crippen LogP contribution in [0.1, 0.15) is 26.7 Å². The van der Waals surface area contributed by atoms with Crippen LogP contribution in [-0.4, -0.2) is 16.1 Å². The Hall–Kier alpha value is -0.570. The van der Waals surface area contributed by atoms with Gasteiger partial charge in [0, 0.05) is 0 Å². The van der Waals surface area contributed by atoms with E-state index in [9.17, 15) is 9.59 Å². The highest BCUT2D eigenvalue weighted by Gasteiger charge is 2.50. The van der Waals surface area contributed by atoms with Gasteiger partial charge in [0.05, 0.1) is 10.7 Å². The molecular formula is C10H14O2S. The number of hydrogen-bond donors (Lipinski definition) is 0. The van der Waals surface area contributed by atoms with Gasteiger partial charge in [0.1, 0.15) is 0 Å². The maximum absolute atomic E-state index is 11.8. The van der Waals surface area contributed by atoms with Crippen LogP contribution in [-0.2, 0) is 9.59 Å². The molecule has 1 rings (SSSR count). The number of Topliss-reactive ketones (excluding diaryl/α,β-unsaturated/α-hetero) is 1. The summed E-state index contributed by atoms with van der Waals surface area (Å²) in [4.78, 5) is 23.3. The van der Waals surface area contributed by atoms with Crippen LogP contribution in [0.4, 0.5) is 0 Å². The van der Waals surface area contributed by atoms with Crippen molar-refractivity contribution in [1.82, 2.24) is 0 Å². The first-order valence-corrected chi connectivity index (χ1v) is 5.30. The molecule has 0 spiro atoms. The second-order valence-corrected chi connectivity index (χ2v) is 4.67. The van der Waals surface area contributed by atoms with Crippen molar-refractivity contribution in [2.24, 2.45) is 5.41 Å². The molecule has 2 nitrogen and oxygen atoms in total. The van der Waals surface area contributed by atoms with E-state index in [1.54, 1.807) is 13.0 Å². The van der Waals surface area contributed by atoms with Gasteiger partial charge in [0.15, 0.2) is 5.78 Å². The summed E-state index contributed by atoms with van der Waals surface area (Å²) in [6.07, 6.45) is 2.85. The molecule has 1 heterocycles. The highest BCUT2D eigenvalue weighted by Crippen LogP contribution is 2.42. The van der Waals surface area contributed by atoms with Gasteiger partial charge in [-0.25, -0.2) is 0 Å². The topological polar surface area (TPSA) is 34.1 Å². The van der Waals surface area contributed by atoms with Crippen LogP contribution >= 0.6 is 11.8 Å². The summed E-state index contributed by atoms with van der Waals surface area (Å²) in [5.74, 6) is 0.0740. The van der Waals surface area contributed by atoms with E-state index in [-0.39, 0.29) is 16.1 Å². The standard InChI is InChI=1S/C10H14O2S/c1-4-6-10(3)8(11)7(5-2)13-9(10)12/h4,7H,1,5-6H2,2-3H3. The maximum atomic E-state index is 11.8. The molecule has 0 aromatic carbocycles. The molecule has 1 aliphatic rings. The summed E-state index contributed by atoms with van der Waals surface area (Å²) in [6, 6.07) is 0. The van der Waals surface area contributed by atoms with Crippen molar-refractivity contribution in [3.63, 3.8) is 0 Å². The van der Waals surface area contributed by atoms with Crippen molar-refractivity contribution in [1.29, 1.82) is 0 Å². The molecule has 1 fully saturated rings. The minimum absolute atomic E-state index is 0.00394.